The van der Waals surface area contributed by atoms with E-state index in [1.807, 2.05) is 23.5 Å². The maximum absolute atomic E-state index is 3.50. The summed E-state index contributed by atoms with van der Waals surface area (Å²) in [5.41, 5.74) is 0. The van der Waals surface area contributed by atoms with Gasteiger partial charge in [-0.1, -0.05) is 40.4 Å². The summed E-state index contributed by atoms with van der Waals surface area (Å²) < 4.78 is 0. The predicted octanol–water partition coefficient (Wildman–Crippen LogP) is 6.35. The number of piperidine rings is 1. The molecular formula is C25H61N4S2SiY-. The summed E-state index contributed by atoms with van der Waals surface area (Å²) in [5.74, 6) is 2.61. The summed E-state index contributed by atoms with van der Waals surface area (Å²) >= 11 is 3.90. The van der Waals surface area contributed by atoms with Gasteiger partial charge in [0.25, 0.3) is 0 Å². The van der Waals surface area contributed by atoms with Gasteiger partial charge < -0.3 is 20.0 Å². The second-order valence-corrected chi connectivity index (χ2v) is 17.2. The van der Waals surface area contributed by atoms with Gasteiger partial charge in [0, 0.05) is 57.3 Å². The zero-order valence-electron chi connectivity index (χ0n) is 23.3. The molecule has 2 aliphatic heterocycles. The Bertz CT molecular complexity index is 352. The van der Waals surface area contributed by atoms with E-state index in [1.54, 1.807) is 14.1 Å². The summed E-state index contributed by atoms with van der Waals surface area (Å²) in [4.78, 5) is 7.53. The molecule has 0 unspecified atom stereocenters. The van der Waals surface area contributed by atoms with Gasteiger partial charge in [0.05, 0.1) is 8.07 Å². The molecule has 201 valence electrons. The first-order valence-electron chi connectivity index (χ1n) is 12.3. The first-order valence-corrected chi connectivity index (χ1v) is 18.8. The normalized spacial score (nSPS) is 16.2. The first-order chi connectivity index (χ1) is 14.7. The van der Waals surface area contributed by atoms with E-state index in [1.165, 1.54) is 95.6 Å². The molecule has 4 nitrogen and oxygen atoms in total. The van der Waals surface area contributed by atoms with Crippen LogP contribution < -0.4 is 0 Å². The van der Waals surface area contributed by atoms with Gasteiger partial charge in [-0.15, -0.1) is 0 Å². The van der Waals surface area contributed by atoms with Gasteiger partial charge >= 0.3 is 0 Å². The van der Waals surface area contributed by atoms with Crippen LogP contribution in [0.4, 0.5) is 0 Å². The maximum Gasteiger partial charge on any atom is 0.0599 e. The number of rotatable bonds is 9. The van der Waals surface area contributed by atoms with Gasteiger partial charge in [0.2, 0.25) is 0 Å². The van der Waals surface area contributed by atoms with E-state index in [2.05, 4.69) is 66.1 Å². The van der Waals surface area contributed by atoms with Gasteiger partial charge in [-0.25, -0.2) is 0 Å². The minimum absolute atomic E-state index is 0. The Morgan fingerprint density at radius 2 is 1.12 bits per heavy atom. The number of likely N-dealkylation sites (tertiary alicyclic amines) is 2. The van der Waals surface area contributed by atoms with Crippen molar-refractivity contribution in [1.29, 1.82) is 0 Å². The molecule has 0 aromatic rings. The zero-order valence-corrected chi connectivity index (χ0v) is 28.8. The minimum atomic E-state index is -0.815. The fourth-order valence-electron chi connectivity index (χ4n) is 3.55. The van der Waals surface area contributed by atoms with Crippen LogP contribution in [0.5, 0.6) is 0 Å². The van der Waals surface area contributed by atoms with E-state index >= 15 is 0 Å². The summed E-state index contributed by atoms with van der Waals surface area (Å²) in [5, 5.41) is 3.50. The summed E-state index contributed by atoms with van der Waals surface area (Å²) in [6.07, 6.45) is 12.8. The molecule has 0 amide bonds. The third-order valence-corrected chi connectivity index (χ3v) is 7.82. The first kappa shape index (κ1) is 42.0. The van der Waals surface area contributed by atoms with Gasteiger partial charge in [-0.05, 0) is 84.1 Å². The van der Waals surface area contributed by atoms with Crippen molar-refractivity contribution in [3.05, 3.63) is 5.32 Å². The Hall–Kier alpha value is 1.86. The Morgan fingerprint density at radius 3 is 1.36 bits per heavy atom. The quantitative estimate of drug-likeness (QED) is 0.288. The molecule has 0 bridgehead atoms. The van der Waals surface area contributed by atoms with Gasteiger partial charge in [-0.2, -0.15) is 37.6 Å². The number of nitrogens with zero attached hydrogens (tertiary/aromatic N) is 4. The molecule has 2 saturated heterocycles. The van der Waals surface area contributed by atoms with E-state index in [4.69, 9.17) is 0 Å². The van der Waals surface area contributed by atoms with Crippen molar-refractivity contribution < 1.29 is 32.7 Å². The van der Waals surface area contributed by atoms with Gasteiger partial charge in [0.15, 0.2) is 0 Å². The van der Waals surface area contributed by atoms with Crippen LogP contribution in [-0.4, -0.2) is 120 Å². The van der Waals surface area contributed by atoms with Gasteiger partial charge in [-0.3, -0.25) is 0 Å². The van der Waals surface area contributed by atoms with Crippen molar-refractivity contribution >= 4 is 31.6 Å². The second-order valence-electron chi connectivity index (χ2n) is 9.77. The molecule has 2 aliphatic rings. The Labute approximate surface area is 245 Å². The van der Waals surface area contributed by atoms with Crippen molar-refractivity contribution in [2.45, 2.75) is 66.1 Å². The topological polar surface area (TPSA) is 23.8 Å². The zero-order chi connectivity index (χ0) is 24.0. The maximum atomic E-state index is 3.50. The van der Waals surface area contributed by atoms with Crippen molar-refractivity contribution in [3.8, 4) is 0 Å². The van der Waals surface area contributed by atoms with Crippen LogP contribution in [0.15, 0.2) is 0 Å². The molecule has 1 radical (unpaired) electrons. The average Bonchev–Trinajstić information content (AvgIpc) is 3.25. The predicted molar refractivity (Wildman–Crippen MR) is 161 cm³/mol. The molecule has 2 heterocycles. The standard InChI is InChI=1S/C8H17NS.C7H15NS.C7H19NSi.C2H6N.CH4.Y/c1-10-8-7-9-5-3-2-4-6-9;1-9-7-6-8-4-2-3-5-8;1-6-8(2)7-9(3,4)5;1-3-2;;/h2-8H2,1H3;2-7H2,1H3;6-7H2,1-5H3;1-2H3;1H4;/q;;;-1;;. The monoisotopic (exact) mass is 598 g/mol. The second kappa shape index (κ2) is 30.1. The molecule has 2 rings (SSSR count). The molecule has 2 fully saturated rings. The van der Waals surface area contributed by atoms with E-state index in [-0.39, 0.29) is 40.1 Å². The third kappa shape index (κ3) is 33.9. The fourth-order valence-corrected chi connectivity index (χ4v) is 6.28. The third-order valence-electron chi connectivity index (χ3n) is 5.15. The van der Waals surface area contributed by atoms with E-state index in [0.717, 1.165) is 0 Å². The molecule has 0 aromatic heterocycles. The molecule has 0 N–H and O–H groups in total. The smallest absolute Gasteiger partial charge is 0.0599 e. The summed E-state index contributed by atoms with van der Waals surface area (Å²) in [6.45, 7) is 18.6. The number of hydrogen-bond donors (Lipinski definition) is 0. The fraction of sp³-hybridized carbons (Fsp3) is 1.00. The van der Waals surface area contributed by atoms with Crippen LogP contribution in [0.1, 0.15) is 46.5 Å². The van der Waals surface area contributed by atoms with Crippen LogP contribution in [0.3, 0.4) is 0 Å². The van der Waals surface area contributed by atoms with Crippen molar-refractivity contribution in [2.75, 3.05) is 97.1 Å². The molecular weight excluding hydrogens is 537 g/mol. The van der Waals surface area contributed by atoms with Crippen molar-refractivity contribution in [2.24, 2.45) is 0 Å². The Morgan fingerprint density at radius 1 is 0.788 bits per heavy atom. The average molecular weight is 599 g/mol. The molecule has 0 saturated carbocycles. The van der Waals surface area contributed by atoms with E-state index in [0.29, 0.717) is 0 Å². The molecule has 0 spiro atoms. The van der Waals surface area contributed by atoms with Crippen LogP contribution in [-0.2, 0) is 32.7 Å². The molecule has 0 atom stereocenters. The largest absolute Gasteiger partial charge is 0.668 e. The van der Waals surface area contributed by atoms with E-state index in [9.17, 15) is 0 Å². The Balaban J connectivity index is -0.000000175. The van der Waals surface area contributed by atoms with Gasteiger partial charge in [0.1, 0.15) is 0 Å². The van der Waals surface area contributed by atoms with Crippen molar-refractivity contribution in [1.82, 2.24) is 14.7 Å². The van der Waals surface area contributed by atoms with E-state index < -0.39 is 8.07 Å². The van der Waals surface area contributed by atoms with Crippen LogP contribution in [0.2, 0.25) is 19.6 Å². The SMILES string of the molecule is C.CCN(C)C[Si](C)(C)C.CSCCN1CCCC1.CSCCN1CCCCC1.C[N-]C.[Y]. The van der Waals surface area contributed by atoms with Crippen LogP contribution in [0, 0.1) is 0 Å². The molecule has 33 heavy (non-hydrogen) atoms. The summed E-state index contributed by atoms with van der Waals surface area (Å²) in [6, 6.07) is 0. The number of hydrogen-bond acceptors (Lipinski definition) is 5. The van der Waals surface area contributed by atoms with Crippen LogP contribution >= 0.6 is 23.5 Å². The molecule has 8 heteroatoms. The molecule has 0 aliphatic carbocycles. The number of thioether (sulfide) groups is 2. The summed E-state index contributed by atoms with van der Waals surface area (Å²) in [7, 11) is 4.88. The van der Waals surface area contributed by atoms with Crippen LogP contribution in [0.25, 0.3) is 5.32 Å². The minimum Gasteiger partial charge on any atom is -0.668 e. The Kier molecular flexibility index (Phi) is 38.3. The van der Waals surface area contributed by atoms with Crippen molar-refractivity contribution in [3.63, 3.8) is 0 Å². The molecule has 0 aromatic carbocycles.